The zero-order valence-electron chi connectivity index (χ0n) is 9.56. The van der Waals surface area contributed by atoms with Crippen molar-refractivity contribution < 1.29 is 19.4 Å². The summed E-state index contributed by atoms with van der Waals surface area (Å²) in [6.07, 6.45) is 0.959. The summed E-state index contributed by atoms with van der Waals surface area (Å²) in [5.41, 5.74) is 0.365. The summed E-state index contributed by atoms with van der Waals surface area (Å²) in [5.74, 6) is -1.21. The molecule has 94 valence electrons. The van der Waals surface area contributed by atoms with Crippen molar-refractivity contribution in [1.29, 1.82) is 0 Å². The van der Waals surface area contributed by atoms with Crippen LogP contribution in [0.15, 0.2) is 11.4 Å². The first-order chi connectivity index (χ1) is 8.15. The number of carboxylic acids is 1. The summed E-state index contributed by atoms with van der Waals surface area (Å²) < 4.78 is 5.11. The van der Waals surface area contributed by atoms with E-state index in [2.05, 4.69) is 5.32 Å². The molecule has 0 atom stereocenters. The molecule has 1 rings (SSSR count). The summed E-state index contributed by atoms with van der Waals surface area (Å²) in [4.78, 5) is 22.5. The second-order valence-corrected chi connectivity index (χ2v) is 4.23. The van der Waals surface area contributed by atoms with Crippen LogP contribution in [0.4, 0.5) is 5.69 Å². The van der Waals surface area contributed by atoms with Crippen molar-refractivity contribution in [2.45, 2.75) is 19.8 Å². The van der Waals surface area contributed by atoms with E-state index in [-0.39, 0.29) is 10.8 Å². The molecule has 0 saturated carbocycles. The summed E-state index contributed by atoms with van der Waals surface area (Å²) in [6.45, 7) is 3.07. The standard InChI is InChI=1S/C11H15NO4S/c1-2-16-6-3-4-9(13)12-8-5-7-17-10(8)11(14)15/h5,7H,2-4,6H2,1H3,(H,12,13)(H,14,15). The number of hydrogen-bond donors (Lipinski definition) is 2. The van der Waals surface area contributed by atoms with E-state index in [0.717, 1.165) is 11.3 Å². The van der Waals surface area contributed by atoms with E-state index >= 15 is 0 Å². The smallest absolute Gasteiger partial charge is 0.348 e. The lowest BCUT2D eigenvalue weighted by Gasteiger charge is -2.04. The van der Waals surface area contributed by atoms with Crippen molar-refractivity contribution in [2.24, 2.45) is 0 Å². The molecule has 1 heterocycles. The van der Waals surface area contributed by atoms with Gasteiger partial charge in [0.1, 0.15) is 4.88 Å². The number of amides is 1. The molecule has 2 N–H and O–H groups in total. The summed E-state index contributed by atoms with van der Waals surface area (Å²) in [7, 11) is 0. The Hall–Kier alpha value is -1.40. The predicted octanol–water partition coefficient (Wildman–Crippen LogP) is 2.20. The maximum absolute atomic E-state index is 11.5. The normalized spacial score (nSPS) is 10.2. The quantitative estimate of drug-likeness (QED) is 0.734. The molecule has 1 amide bonds. The lowest BCUT2D eigenvalue weighted by molar-refractivity contribution is -0.116. The van der Waals surface area contributed by atoms with Crippen LogP contribution in [0.25, 0.3) is 0 Å². The molecule has 1 aromatic rings. The van der Waals surface area contributed by atoms with Crippen LogP contribution < -0.4 is 5.32 Å². The number of nitrogens with one attached hydrogen (secondary N) is 1. The number of rotatable bonds is 7. The van der Waals surface area contributed by atoms with E-state index in [4.69, 9.17) is 9.84 Å². The third kappa shape index (κ3) is 4.54. The molecule has 0 aromatic carbocycles. The van der Waals surface area contributed by atoms with Gasteiger partial charge in [-0.05, 0) is 24.8 Å². The zero-order chi connectivity index (χ0) is 12.7. The van der Waals surface area contributed by atoms with Crippen LogP contribution in [0.1, 0.15) is 29.4 Å². The Labute approximate surface area is 103 Å². The maximum atomic E-state index is 11.5. The Kier molecular flexibility index (Phi) is 5.65. The van der Waals surface area contributed by atoms with Crippen molar-refractivity contribution in [2.75, 3.05) is 18.5 Å². The van der Waals surface area contributed by atoms with E-state index in [0.29, 0.717) is 31.7 Å². The van der Waals surface area contributed by atoms with E-state index in [1.165, 1.54) is 0 Å². The molecule has 6 heteroatoms. The van der Waals surface area contributed by atoms with Gasteiger partial charge < -0.3 is 15.2 Å². The molecule has 0 bridgehead atoms. The van der Waals surface area contributed by atoms with Gasteiger partial charge >= 0.3 is 5.97 Å². The van der Waals surface area contributed by atoms with Crippen molar-refractivity contribution >= 4 is 28.9 Å². The lowest BCUT2D eigenvalue weighted by atomic mass is 10.3. The second-order valence-electron chi connectivity index (χ2n) is 3.32. The summed E-state index contributed by atoms with van der Waals surface area (Å²) in [6, 6.07) is 1.59. The number of aromatic carboxylic acids is 1. The number of carbonyl (C=O) groups is 2. The number of carboxylic acid groups (broad SMARTS) is 1. The molecule has 0 aliphatic rings. The SMILES string of the molecule is CCOCCCC(=O)Nc1ccsc1C(=O)O. The molecular formula is C11H15NO4S. The minimum atomic E-state index is -1.02. The third-order valence-corrected chi connectivity index (χ3v) is 2.93. The van der Waals surface area contributed by atoms with Gasteiger partial charge in [0.2, 0.25) is 5.91 Å². The first-order valence-electron chi connectivity index (χ1n) is 5.33. The van der Waals surface area contributed by atoms with Gasteiger partial charge in [0, 0.05) is 19.6 Å². The molecular weight excluding hydrogens is 242 g/mol. The molecule has 17 heavy (non-hydrogen) atoms. The fourth-order valence-corrected chi connectivity index (χ4v) is 1.95. The van der Waals surface area contributed by atoms with Gasteiger partial charge in [0.05, 0.1) is 5.69 Å². The van der Waals surface area contributed by atoms with Crippen molar-refractivity contribution in [3.8, 4) is 0 Å². The average molecular weight is 257 g/mol. The van der Waals surface area contributed by atoms with Gasteiger partial charge in [0.15, 0.2) is 0 Å². The fraction of sp³-hybridized carbons (Fsp3) is 0.455. The molecule has 0 spiro atoms. The van der Waals surface area contributed by atoms with Gasteiger partial charge in [-0.15, -0.1) is 11.3 Å². The molecule has 1 aromatic heterocycles. The Morgan fingerprint density at radius 3 is 2.94 bits per heavy atom. The highest BCUT2D eigenvalue weighted by Gasteiger charge is 2.13. The van der Waals surface area contributed by atoms with Crippen LogP contribution in [0, 0.1) is 0 Å². The first-order valence-corrected chi connectivity index (χ1v) is 6.21. The second kappa shape index (κ2) is 7.03. The van der Waals surface area contributed by atoms with Crippen LogP contribution in [-0.4, -0.2) is 30.2 Å². The lowest BCUT2D eigenvalue weighted by Crippen LogP contribution is -2.13. The van der Waals surface area contributed by atoms with Crippen LogP contribution in [0.3, 0.4) is 0 Å². The highest BCUT2D eigenvalue weighted by atomic mass is 32.1. The monoisotopic (exact) mass is 257 g/mol. The van der Waals surface area contributed by atoms with Crippen LogP contribution in [0.5, 0.6) is 0 Å². The maximum Gasteiger partial charge on any atom is 0.348 e. The number of anilines is 1. The highest BCUT2D eigenvalue weighted by Crippen LogP contribution is 2.22. The highest BCUT2D eigenvalue weighted by molar-refractivity contribution is 7.12. The van der Waals surface area contributed by atoms with E-state index in [1.54, 1.807) is 11.4 Å². The Bertz CT molecular complexity index is 389. The van der Waals surface area contributed by atoms with E-state index in [9.17, 15) is 9.59 Å². The van der Waals surface area contributed by atoms with Gasteiger partial charge in [0.25, 0.3) is 0 Å². The van der Waals surface area contributed by atoms with Gasteiger partial charge in [-0.2, -0.15) is 0 Å². The van der Waals surface area contributed by atoms with Gasteiger partial charge in [-0.3, -0.25) is 4.79 Å². The first kappa shape index (κ1) is 13.7. The van der Waals surface area contributed by atoms with Crippen LogP contribution in [-0.2, 0) is 9.53 Å². The number of ether oxygens (including phenoxy) is 1. The number of hydrogen-bond acceptors (Lipinski definition) is 4. The largest absolute Gasteiger partial charge is 0.477 e. The summed E-state index contributed by atoms with van der Waals surface area (Å²) in [5, 5.41) is 13.1. The Balaban J connectivity index is 2.40. The van der Waals surface area contributed by atoms with E-state index < -0.39 is 5.97 Å². The number of carbonyl (C=O) groups excluding carboxylic acids is 1. The molecule has 0 aliphatic heterocycles. The number of thiophene rings is 1. The van der Waals surface area contributed by atoms with Gasteiger partial charge in [-0.25, -0.2) is 4.79 Å². The minimum absolute atomic E-state index is 0.156. The third-order valence-electron chi connectivity index (χ3n) is 2.03. The molecule has 0 radical (unpaired) electrons. The average Bonchev–Trinajstić information content (AvgIpc) is 2.72. The Morgan fingerprint density at radius 2 is 2.29 bits per heavy atom. The fourth-order valence-electron chi connectivity index (χ4n) is 1.27. The molecule has 0 fully saturated rings. The van der Waals surface area contributed by atoms with E-state index in [1.807, 2.05) is 6.92 Å². The van der Waals surface area contributed by atoms with Crippen molar-refractivity contribution in [1.82, 2.24) is 0 Å². The molecule has 0 unspecified atom stereocenters. The molecule has 0 aliphatic carbocycles. The predicted molar refractivity (Wildman–Crippen MR) is 65.6 cm³/mol. The zero-order valence-corrected chi connectivity index (χ0v) is 10.4. The van der Waals surface area contributed by atoms with Crippen LogP contribution in [0.2, 0.25) is 0 Å². The molecule has 5 nitrogen and oxygen atoms in total. The van der Waals surface area contributed by atoms with Gasteiger partial charge in [-0.1, -0.05) is 0 Å². The molecule has 0 saturated heterocycles. The van der Waals surface area contributed by atoms with Crippen molar-refractivity contribution in [3.63, 3.8) is 0 Å². The van der Waals surface area contributed by atoms with Crippen LogP contribution >= 0.6 is 11.3 Å². The summed E-state index contributed by atoms with van der Waals surface area (Å²) >= 11 is 1.09. The minimum Gasteiger partial charge on any atom is -0.477 e. The Morgan fingerprint density at radius 1 is 1.53 bits per heavy atom. The topological polar surface area (TPSA) is 75.6 Å². The van der Waals surface area contributed by atoms with Crippen molar-refractivity contribution in [3.05, 3.63) is 16.3 Å².